The molecule has 0 saturated carbocycles. The van der Waals surface area contributed by atoms with Crippen LogP contribution in [0.4, 0.5) is 0 Å². The van der Waals surface area contributed by atoms with Gasteiger partial charge in [-0.15, -0.1) is 0 Å². The maximum Gasteiger partial charge on any atom is 0.279 e. The highest BCUT2D eigenvalue weighted by Crippen LogP contribution is 2.22. The zero-order valence-electron chi connectivity index (χ0n) is 15.0. The van der Waals surface area contributed by atoms with Crippen LogP contribution in [-0.4, -0.2) is 75.2 Å². The summed E-state index contributed by atoms with van der Waals surface area (Å²) in [6.45, 7) is 3.02. The molecule has 1 heterocycles. The van der Waals surface area contributed by atoms with Crippen molar-refractivity contribution in [2.24, 2.45) is 0 Å². The summed E-state index contributed by atoms with van der Waals surface area (Å²) < 4.78 is 32.9. The molecular weight excluding hydrogens is 342 g/mol. The Morgan fingerprint density at radius 1 is 1.24 bits per heavy atom. The number of para-hydroxylation sites is 1. The van der Waals surface area contributed by atoms with E-state index in [1.165, 1.54) is 14.1 Å². The van der Waals surface area contributed by atoms with Crippen LogP contribution in [0.1, 0.15) is 19.3 Å². The molecule has 1 aromatic rings. The van der Waals surface area contributed by atoms with Gasteiger partial charge in [0.1, 0.15) is 12.4 Å². The Hall–Kier alpha value is -1.19. The summed E-state index contributed by atoms with van der Waals surface area (Å²) in [4.78, 5) is 2.25. The molecule has 1 aliphatic rings. The van der Waals surface area contributed by atoms with Crippen LogP contribution in [0.25, 0.3) is 0 Å². The van der Waals surface area contributed by atoms with Gasteiger partial charge in [0.05, 0.1) is 5.60 Å². The van der Waals surface area contributed by atoms with Gasteiger partial charge in [0, 0.05) is 33.7 Å². The topological polar surface area (TPSA) is 82.1 Å². The SMILES string of the molecule is CN(C)S(=O)(=O)NC[C@@]1(O)CCCN(CCOc2ccccc2)CC1. The first-order chi connectivity index (χ1) is 11.8. The number of rotatable bonds is 8. The fourth-order valence-electron chi connectivity index (χ4n) is 2.80. The molecule has 0 radical (unpaired) electrons. The van der Waals surface area contributed by atoms with Crippen molar-refractivity contribution in [1.29, 1.82) is 0 Å². The molecule has 0 aromatic heterocycles. The molecule has 0 bridgehead atoms. The van der Waals surface area contributed by atoms with Gasteiger partial charge in [-0.1, -0.05) is 18.2 Å². The van der Waals surface area contributed by atoms with Crippen LogP contribution in [0.5, 0.6) is 5.75 Å². The molecular formula is C17H29N3O4S. The van der Waals surface area contributed by atoms with E-state index in [-0.39, 0.29) is 6.54 Å². The lowest BCUT2D eigenvalue weighted by Gasteiger charge is -2.28. The third kappa shape index (κ3) is 6.56. The average Bonchev–Trinajstić information content (AvgIpc) is 2.77. The first kappa shape index (κ1) is 20.1. The molecule has 0 unspecified atom stereocenters. The van der Waals surface area contributed by atoms with Crippen molar-refractivity contribution in [2.75, 3.05) is 46.9 Å². The average molecular weight is 372 g/mol. The number of ether oxygens (including phenoxy) is 1. The second kappa shape index (κ2) is 8.95. The summed E-state index contributed by atoms with van der Waals surface area (Å²) in [5.41, 5.74) is -1.00. The quantitative estimate of drug-likeness (QED) is 0.702. The van der Waals surface area contributed by atoms with Crippen LogP contribution in [0.15, 0.2) is 30.3 Å². The van der Waals surface area contributed by atoms with Crippen molar-refractivity contribution in [3.63, 3.8) is 0 Å². The van der Waals surface area contributed by atoms with E-state index in [0.29, 0.717) is 19.4 Å². The minimum Gasteiger partial charge on any atom is -0.492 e. The minimum atomic E-state index is -3.52. The van der Waals surface area contributed by atoms with E-state index in [1.807, 2.05) is 30.3 Å². The first-order valence-corrected chi connectivity index (χ1v) is 10.0. The first-order valence-electron chi connectivity index (χ1n) is 8.60. The summed E-state index contributed by atoms with van der Waals surface area (Å²) in [6.07, 6.45) is 1.94. The third-order valence-corrected chi connectivity index (χ3v) is 5.96. The number of likely N-dealkylation sites (tertiary alicyclic amines) is 1. The zero-order chi connectivity index (χ0) is 18.3. The number of nitrogens with zero attached hydrogens (tertiary/aromatic N) is 2. The van der Waals surface area contributed by atoms with E-state index < -0.39 is 15.8 Å². The van der Waals surface area contributed by atoms with E-state index in [2.05, 4.69) is 9.62 Å². The van der Waals surface area contributed by atoms with Crippen molar-refractivity contribution in [2.45, 2.75) is 24.9 Å². The number of hydrogen-bond donors (Lipinski definition) is 2. The van der Waals surface area contributed by atoms with Crippen LogP contribution in [-0.2, 0) is 10.2 Å². The number of hydrogen-bond acceptors (Lipinski definition) is 5. The molecule has 0 aliphatic carbocycles. The molecule has 1 saturated heterocycles. The van der Waals surface area contributed by atoms with E-state index >= 15 is 0 Å². The summed E-state index contributed by atoms with van der Waals surface area (Å²) >= 11 is 0. The Balaban J connectivity index is 1.77. The van der Waals surface area contributed by atoms with E-state index in [1.54, 1.807) is 0 Å². The number of benzene rings is 1. The maximum absolute atomic E-state index is 11.8. The van der Waals surface area contributed by atoms with Gasteiger partial charge in [-0.2, -0.15) is 17.4 Å². The van der Waals surface area contributed by atoms with Gasteiger partial charge in [0.2, 0.25) is 0 Å². The van der Waals surface area contributed by atoms with Crippen LogP contribution in [0, 0.1) is 0 Å². The second-order valence-electron chi connectivity index (χ2n) is 6.69. The summed E-state index contributed by atoms with van der Waals surface area (Å²) in [5.74, 6) is 0.854. The van der Waals surface area contributed by atoms with Crippen molar-refractivity contribution in [1.82, 2.24) is 13.9 Å². The molecule has 1 atom stereocenters. The van der Waals surface area contributed by atoms with Crippen LogP contribution in [0.2, 0.25) is 0 Å². The Bertz CT molecular complexity index is 624. The number of nitrogens with one attached hydrogen (secondary N) is 1. The number of aliphatic hydroxyl groups is 1. The summed E-state index contributed by atoms with van der Waals surface area (Å²) in [5, 5.41) is 10.7. The van der Waals surface area contributed by atoms with Crippen molar-refractivity contribution >= 4 is 10.2 Å². The molecule has 8 heteroatoms. The van der Waals surface area contributed by atoms with Crippen LogP contribution < -0.4 is 9.46 Å². The van der Waals surface area contributed by atoms with Crippen LogP contribution in [0.3, 0.4) is 0 Å². The molecule has 142 valence electrons. The molecule has 7 nitrogen and oxygen atoms in total. The highest BCUT2D eigenvalue weighted by molar-refractivity contribution is 7.87. The fourth-order valence-corrected chi connectivity index (χ4v) is 3.51. The van der Waals surface area contributed by atoms with Crippen LogP contribution >= 0.6 is 0 Å². The third-order valence-electron chi connectivity index (χ3n) is 4.49. The largest absolute Gasteiger partial charge is 0.492 e. The lowest BCUT2D eigenvalue weighted by atomic mass is 9.95. The zero-order valence-corrected chi connectivity index (χ0v) is 15.8. The van der Waals surface area contributed by atoms with Crippen molar-refractivity contribution in [3.8, 4) is 5.75 Å². The summed E-state index contributed by atoms with van der Waals surface area (Å²) in [7, 11) is -0.584. The van der Waals surface area contributed by atoms with E-state index in [4.69, 9.17) is 4.74 Å². The van der Waals surface area contributed by atoms with E-state index in [9.17, 15) is 13.5 Å². The minimum absolute atomic E-state index is 0.0435. The standard InChI is InChI=1S/C17H29N3O4S/c1-19(2)25(22,23)18-15-17(21)9-6-11-20(12-10-17)13-14-24-16-7-4-3-5-8-16/h3-5,7-8,18,21H,6,9-15H2,1-2H3/t17-/m1/s1. The highest BCUT2D eigenvalue weighted by atomic mass is 32.2. The van der Waals surface area contributed by atoms with Gasteiger partial charge in [-0.05, 0) is 37.9 Å². The Kier molecular flexibility index (Phi) is 7.21. The molecule has 1 fully saturated rings. The molecule has 0 amide bonds. The Morgan fingerprint density at radius 3 is 2.64 bits per heavy atom. The molecule has 25 heavy (non-hydrogen) atoms. The van der Waals surface area contributed by atoms with Gasteiger partial charge >= 0.3 is 0 Å². The van der Waals surface area contributed by atoms with Crippen molar-refractivity contribution < 1.29 is 18.3 Å². The molecule has 1 aromatic carbocycles. The second-order valence-corrected chi connectivity index (χ2v) is 8.66. The van der Waals surface area contributed by atoms with Gasteiger partial charge in [-0.3, -0.25) is 4.90 Å². The Morgan fingerprint density at radius 2 is 1.96 bits per heavy atom. The molecule has 2 rings (SSSR count). The van der Waals surface area contributed by atoms with Gasteiger partial charge < -0.3 is 9.84 Å². The normalized spacial score (nSPS) is 22.7. The smallest absolute Gasteiger partial charge is 0.279 e. The highest BCUT2D eigenvalue weighted by Gasteiger charge is 2.31. The van der Waals surface area contributed by atoms with Gasteiger partial charge in [-0.25, -0.2) is 0 Å². The predicted molar refractivity (Wildman–Crippen MR) is 97.8 cm³/mol. The lowest BCUT2D eigenvalue weighted by molar-refractivity contribution is 0.0301. The molecule has 1 aliphatic heterocycles. The van der Waals surface area contributed by atoms with E-state index in [0.717, 1.165) is 36.1 Å². The molecule has 0 spiro atoms. The van der Waals surface area contributed by atoms with Crippen molar-refractivity contribution in [3.05, 3.63) is 30.3 Å². The predicted octanol–water partition coefficient (Wildman–Crippen LogP) is 0.678. The molecule has 2 N–H and O–H groups in total. The maximum atomic E-state index is 11.8. The Labute approximate surface area is 150 Å². The van der Waals surface area contributed by atoms with Gasteiger partial charge in [0.25, 0.3) is 10.2 Å². The monoisotopic (exact) mass is 371 g/mol. The summed E-state index contributed by atoms with van der Waals surface area (Å²) in [6, 6.07) is 9.69. The van der Waals surface area contributed by atoms with Gasteiger partial charge in [0.15, 0.2) is 0 Å². The fraction of sp³-hybridized carbons (Fsp3) is 0.647. The lowest BCUT2D eigenvalue weighted by Crippen LogP contribution is -2.46.